The van der Waals surface area contributed by atoms with Crippen molar-refractivity contribution < 1.29 is 19.4 Å². The summed E-state index contributed by atoms with van der Waals surface area (Å²) in [6.07, 6.45) is 1.00. The van der Waals surface area contributed by atoms with E-state index in [9.17, 15) is 9.59 Å². The lowest BCUT2D eigenvalue weighted by atomic mass is 9.83. The molecule has 1 atom stereocenters. The topological polar surface area (TPSA) is 63.6 Å². The molecule has 0 saturated heterocycles. The molecule has 0 saturated carbocycles. The molecule has 1 unspecified atom stereocenters. The summed E-state index contributed by atoms with van der Waals surface area (Å²) in [6.45, 7) is 5.38. The highest BCUT2D eigenvalue weighted by atomic mass is 16.5. The summed E-state index contributed by atoms with van der Waals surface area (Å²) < 4.78 is 4.49. The molecule has 0 amide bonds. The number of ether oxygens (including phenoxy) is 1. The quantitative estimate of drug-likeness (QED) is 0.544. The van der Waals surface area contributed by atoms with Crippen LogP contribution in [0.15, 0.2) is 0 Å². The molecule has 0 radical (unpaired) electrons. The molecule has 4 nitrogen and oxygen atoms in total. The van der Waals surface area contributed by atoms with Gasteiger partial charge >= 0.3 is 11.9 Å². The van der Waals surface area contributed by atoms with Crippen LogP contribution in [0.3, 0.4) is 0 Å². The van der Waals surface area contributed by atoms with Gasteiger partial charge in [0.2, 0.25) is 0 Å². The van der Waals surface area contributed by atoms with Crippen LogP contribution in [0.1, 0.15) is 33.6 Å². The summed E-state index contributed by atoms with van der Waals surface area (Å²) in [6, 6.07) is 0. The molecule has 14 heavy (non-hydrogen) atoms. The van der Waals surface area contributed by atoms with E-state index in [1.165, 1.54) is 14.0 Å². The molecule has 0 aliphatic rings. The minimum absolute atomic E-state index is 0.312. The molecule has 0 bridgehead atoms. The Balaban J connectivity index is 4.56. The molecule has 0 heterocycles. The van der Waals surface area contributed by atoms with E-state index in [4.69, 9.17) is 5.11 Å². The second-order valence-electron chi connectivity index (χ2n) is 4.06. The lowest BCUT2D eigenvalue weighted by molar-refractivity contribution is -0.166. The van der Waals surface area contributed by atoms with Crippen LogP contribution in [0.5, 0.6) is 0 Å². The zero-order valence-electron chi connectivity index (χ0n) is 9.16. The van der Waals surface area contributed by atoms with E-state index < -0.39 is 17.4 Å². The Bertz CT molecular complexity index is 222. The largest absolute Gasteiger partial charge is 0.480 e. The highest BCUT2D eigenvalue weighted by Crippen LogP contribution is 2.27. The van der Waals surface area contributed by atoms with Gasteiger partial charge in [0.15, 0.2) is 5.41 Å². The fourth-order valence-corrected chi connectivity index (χ4v) is 1.10. The summed E-state index contributed by atoms with van der Waals surface area (Å²) >= 11 is 0. The van der Waals surface area contributed by atoms with Crippen LogP contribution >= 0.6 is 0 Å². The van der Waals surface area contributed by atoms with Crippen LogP contribution in [-0.4, -0.2) is 24.2 Å². The third kappa shape index (κ3) is 3.01. The van der Waals surface area contributed by atoms with Crippen molar-refractivity contribution in [1.29, 1.82) is 0 Å². The van der Waals surface area contributed by atoms with Gasteiger partial charge in [-0.15, -0.1) is 0 Å². The standard InChI is InChI=1S/C10H18O4/c1-7(2)5-6-10(3,8(11)12)9(13)14-4/h7H,5-6H2,1-4H3,(H,11,12). The Morgan fingerprint density at radius 3 is 2.21 bits per heavy atom. The highest BCUT2D eigenvalue weighted by molar-refractivity contribution is 5.98. The molecule has 0 aromatic rings. The zero-order valence-corrected chi connectivity index (χ0v) is 9.16. The number of esters is 1. The van der Waals surface area contributed by atoms with E-state index >= 15 is 0 Å². The van der Waals surface area contributed by atoms with Crippen molar-refractivity contribution >= 4 is 11.9 Å². The van der Waals surface area contributed by atoms with Gasteiger partial charge in [0.25, 0.3) is 0 Å². The second kappa shape index (κ2) is 4.98. The number of methoxy groups -OCH3 is 1. The first-order chi connectivity index (χ1) is 6.34. The Hall–Kier alpha value is -1.06. The van der Waals surface area contributed by atoms with Gasteiger partial charge in [0, 0.05) is 0 Å². The van der Waals surface area contributed by atoms with Gasteiger partial charge in [-0.05, 0) is 25.7 Å². The van der Waals surface area contributed by atoms with Crippen LogP contribution in [0.2, 0.25) is 0 Å². The molecular formula is C10H18O4. The molecule has 82 valence electrons. The van der Waals surface area contributed by atoms with E-state index in [1.807, 2.05) is 13.8 Å². The highest BCUT2D eigenvalue weighted by Gasteiger charge is 2.42. The molecule has 0 spiro atoms. The van der Waals surface area contributed by atoms with Gasteiger partial charge < -0.3 is 9.84 Å². The van der Waals surface area contributed by atoms with Crippen LogP contribution < -0.4 is 0 Å². The van der Waals surface area contributed by atoms with E-state index in [1.54, 1.807) is 0 Å². The van der Waals surface area contributed by atoms with Crippen molar-refractivity contribution in [3.63, 3.8) is 0 Å². The maximum Gasteiger partial charge on any atom is 0.322 e. The molecule has 0 rings (SSSR count). The average molecular weight is 202 g/mol. The number of carbonyl (C=O) groups excluding carboxylic acids is 1. The van der Waals surface area contributed by atoms with Gasteiger partial charge in [0.1, 0.15) is 0 Å². The number of hydrogen-bond acceptors (Lipinski definition) is 3. The molecule has 0 fully saturated rings. The predicted octanol–water partition coefficient (Wildman–Crippen LogP) is 1.69. The second-order valence-corrected chi connectivity index (χ2v) is 4.06. The fourth-order valence-electron chi connectivity index (χ4n) is 1.10. The van der Waals surface area contributed by atoms with E-state index in [-0.39, 0.29) is 0 Å². The van der Waals surface area contributed by atoms with Crippen LogP contribution in [0.4, 0.5) is 0 Å². The third-order valence-corrected chi connectivity index (χ3v) is 2.33. The first-order valence-electron chi connectivity index (χ1n) is 4.66. The molecule has 0 aliphatic carbocycles. The van der Waals surface area contributed by atoms with Crippen LogP contribution in [0, 0.1) is 11.3 Å². The number of carboxylic acid groups (broad SMARTS) is 1. The Morgan fingerprint density at radius 2 is 1.93 bits per heavy atom. The predicted molar refractivity (Wildman–Crippen MR) is 51.8 cm³/mol. The van der Waals surface area contributed by atoms with Crippen molar-refractivity contribution in [2.75, 3.05) is 7.11 Å². The number of hydrogen-bond donors (Lipinski definition) is 1. The summed E-state index contributed by atoms with van der Waals surface area (Å²) in [5.41, 5.74) is -1.40. The SMILES string of the molecule is COC(=O)C(C)(CCC(C)C)C(=O)O. The number of carbonyl (C=O) groups is 2. The summed E-state index contributed by atoms with van der Waals surface area (Å²) in [4.78, 5) is 22.2. The summed E-state index contributed by atoms with van der Waals surface area (Å²) in [7, 11) is 1.21. The first-order valence-corrected chi connectivity index (χ1v) is 4.66. The average Bonchev–Trinajstić information content (AvgIpc) is 2.12. The third-order valence-electron chi connectivity index (χ3n) is 2.33. The van der Waals surface area contributed by atoms with Crippen molar-refractivity contribution in [3.05, 3.63) is 0 Å². The molecule has 0 aromatic heterocycles. The molecule has 0 aromatic carbocycles. The van der Waals surface area contributed by atoms with Crippen molar-refractivity contribution in [2.24, 2.45) is 11.3 Å². The molecule has 0 aliphatic heterocycles. The fraction of sp³-hybridized carbons (Fsp3) is 0.800. The van der Waals surface area contributed by atoms with Gasteiger partial charge in [-0.3, -0.25) is 9.59 Å². The Labute approximate surface area is 84.3 Å². The van der Waals surface area contributed by atoms with Gasteiger partial charge in [-0.25, -0.2) is 0 Å². The van der Waals surface area contributed by atoms with Crippen molar-refractivity contribution in [3.8, 4) is 0 Å². The maximum absolute atomic E-state index is 11.3. The minimum atomic E-state index is -1.40. The van der Waals surface area contributed by atoms with E-state index in [2.05, 4.69) is 4.74 Å². The summed E-state index contributed by atoms with van der Waals surface area (Å²) in [5, 5.41) is 8.95. The van der Waals surface area contributed by atoms with Crippen molar-refractivity contribution in [2.45, 2.75) is 33.6 Å². The van der Waals surface area contributed by atoms with E-state index in [0.717, 1.165) is 0 Å². The van der Waals surface area contributed by atoms with Gasteiger partial charge in [-0.2, -0.15) is 0 Å². The number of carboxylic acids is 1. The van der Waals surface area contributed by atoms with Gasteiger partial charge in [-0.1, -0.05) is 13.8 Å². The molecule has 1 N–H and O–H groups in total. The lowest BCUT2D eigenvalue weighted by Crippen LogP contribution is -2.37. The Morgan fingerprint density at radius 1 is 1.43 bits per heavy atom. The minimum Gasteiger partial charge on any atom is -0.480 e. The van der Waals surface area contributed by atoms with Crippen LogP contribution in [-0.2, 0) is 14.3 Å². The van der Waals surface area contributed by atoms with Crippen LogP contribution in [0.25, 0.3) is 0 Å². The molecule has 4 heteroatoms. The number of aliphatic carboxylic acids is 1. The van der Waals surface area contributed by atoms with Crippen molar-refractivity contribution in [1.82, 2.24) is 0 Å². The Kier molecular flexibility index (Phi) is 4.60. The maximum atomic E-state index is 11.3. The summed E-state index contributed by atoms with van der Waals surface area (Å²) in [5.74, 6) is -1.42. The number of rotatable bonds is 5. The lowest BCUT2D eigenvalue weighted by Gasteiger charge is -2.22. The zero-order chi connectivity index (χ0) is 11.4. The normalized spacial score (nSPS) is 14.9. The van der Waals surface area contributed by atoms with Gasteiger partial charge in [0.05, 0.1) is 7.11 Å². The first kappa shape index (κ1) is 12.9. The molecular weight excluding hydrogens is 184 g/mol. The monoisotopic (exact) mass is 202 g/mol. The van der Waals surface area contributed by atoms with E-state index in [0.29, 0.717) is 18.8 Å². The smallest absolute Gasteiger partial charge is 0.322 e.